The SMILES string of the molecule is CCc1ccc(S(=O)(=O)NC(C(=O)O)C2CC2)s1. The number of hydrogen-bond acceptors (Lipinski definition) is 4. The number of carboxylic acids is 1. The van der Waals surface area contributed by atoms with Crippen LogP contribution in [0.3, 0.4) is 0 Å². The number of sulfonamides is 1. The number of hydrogen-bond donors (Lipinski definition) is 2. The molecular formula is C11H15NO4S2. The molecule has 0 bridgehead atoms. The summed E-state index contributed by atoms with van der Waals surface area (Å²) in [5.41, 5.74) is 0. The molecule has 0 radical (unpaired) electrons. The predicted molar refractivity (Wildman–Crippen MR) is 68.2 cm³/mol. The molecule has 2 rings (SSSR count). The molecule has 0 saturated heterocycles. The fourth-order valence-electron chi connectivity index (χ4n) is 1.70. The maximum atomic E-state index is 12.0. The second-order valence-electron chi connectivity index (χ2n) is 4.35. The van der Waals surface area contributed by atoms with Crippen molar-refractivity contribution in [2.75, 3.05) is 0 Å². The second-order valence-corrected chi connectivity index (χ2v) is 7.46. The molecule has 0 amide bonds. The van der Waals surface area contributed by atoms with Gasteiger partial charge in [-0.3, -0.25) is 4.79 Å². The van der Waals surface area contributed by atoms with E-state index in [1.807, 2.05) is 6.92 Å². The maximum Gasteiger partial charge on any atom is 0.322 e. The number of carbonyl (C=O) groups is 1. The third-order valence-corrected chi connectivity index (χ3v) is 6.05. The largest absolute Gasteiger partial charge is 0.480 e. The Labute approximate surface area is 110 Å². The van der Waals surface area contributed by atoms with Crippen molar-refractivity contribution in [3.63, 3.8) is 0 Å². The van der Waals surface area contributed by atoms with Crippen molar-refractivity contribution in [2.45, 2.75) is 36.4 Å². The summed E-state index contributed by atoms with van der Waals surface area (Å²) in [6, 6.07) is 2.28. The third-order valence-electron chi connectivity index (χ3n) is 2.89. The standard InChI is InChI=1S/C11H15NO4S2/c1-2-8-5-6-9(17-8)18(15,16)12-10(11(13)14)7-3-4-7/h5-7,10,12H,2-4H2,1H3,(H,13,14). The number of aliphatic carboxylic acids is 1. The molecule has 1 unspecified atom stereocenters. The number of thiophene rings is 1. The number of rotatable bonds is 6. The minimum atomic E-state index is -3.71. The molecule has 1 saturated carbocycles. The van der Waals surface area contributed by atoms with Gasteiger partial charge >= 0.3 is 5.97 Å². The van der Waals surface area contributed by atoms with E-state index in [-0.39, 0.29) is 10.1 Å². The van der Waals surface area contributed by atoms with Crippen molar-refractivity contribution in [3.8, 4) is 0 Å². The highest BCUT2D eigenvalue weighted by atomic mass is 32.2. The Morgan fingerprint density at radius 1 is 1.56 bits per heavy atom. The molecule has 1 aliphatic carbocycles. The molecule has 1 aromatic rings. The van der Waals surface area contributed by atoms with Crippen molar-refractivity contribution in [1.29, 1.82) is 0 Å². The van der Waals surface area contributed by atoms with Crippen LogP contribution in [0.5, 0.6) is 0 Å². The van der Waals surface area contributed by atoms with Crippen LogP contribution in [0.25, 0.3) is 0 Å². The van der Waals surface area contributed by atoms with Gasteiger partial charge in [0.05, 0.1) is 0 Å². The average molecular weight is 289 g/mol. The Balaban J connectivity index is 2.17. The first-order valence-electron chi connectivity index (χ1n) is 5.78. The summed E-state index contributed by atoms with van der Waals surface area (Å²) >= 11 is 1.18. The Morgan fingerprint density at radius 3 is 2.67 bits per heavy atom. The summed E-state index contributed by atoms with van der Waals surface area (Å²) in [5.74, 6) is -1.17. The van der Waals surface area contributed by atoms with E-state index in [1.165, 1.54) is 17.4 Å². The van der Waals surface area contributed by atoms with Crippen molar-refractivity contribution in [2.24, 2.45) is 5.92 Å². The van der Waals surface area contributed by atoms with Gasteiger partial charge < -0.3 is 5.11 Å². The van der Waals surface area contributed by atoms with Crippen molar-refractivity contribution >= 4 is 27.3 Å². The molecule has 5 nitrogen and oxygen atoms in total. The minimum absolute atomic E-state index is 0.0668. The summed E-state index contributed by atoms with van der Waals surface area (Å²) in [7, 11) is -3.71. The van der Waals surface area contributed by atoms with Gasteiger partial charge in [0.2, 0.25) is 0 Å². The topological polar surface area (TPSA) is 83.5 Å². The van der Waals surface area contributed by atoms with Crippen LogP contribution in [0, 0.1) is 5.92 Å². The monoisotopic (exact) mass is 289 g/mol. The third kappa shape index (κ3) is 2.90. The molecule has 0 aliphatic heterocycles. The van der Waals surface area contributed by atoms with Gasteiger partial charge in [-0.25, -0.2) is 8.42 Å². The van der Waals surface area contributed by atoms with Crippen LogP contribution in [0.15, 0.2) is 16.3 Å². The zero-order chi connectivity index (χ0) is 13.3. The lowest BCUT2D eigenvalue weighted by atomic mass is 10.2. The van der Waals surface area contributed by atoms with Crippen LogP contribution < -0.4 is 4.72 Å². The Morgan fingerprint density at radius 2 is 2.22 bits per heavy atom. The molecule has 0 spiro atoms. The number of nitrogens with one attached hydrogen (secondary N) is 1. The fourth-order valence-corrected chi connectivity index (χ4v) is 4.27. The first-order chi connectivity index (χ1) is 8.44. The van der Waals surface area contributed by atoms with Crippen molar-refractivity contribution in [3.05, 3.63) is 17.0 Å². The lowest BCUT2D eigenvalue weighted by molar-refractivity contribution is -0.139. The van der Waals surface area contributed by atoms with Gasteiger partial charge in [-0.15, -0.1) is 11.3 Å². The molecule has 18 heavy (non-hydrogen) atoms. The molecule has 1 atom stereocenters. The second kappa shape index (κ2) is 4.99. The van der Waals surface area contributed by atoms with E-state index in [9.17, 15) is 13.2 Å². The molecule has 100 valence electrons. The Bertz CT molecular complexity index is 545. The first-order valence-corrected chi connectivity index (χ1v) is 8.08. The minimum Gasteiger partial charge on any atom is -0.480 e. The van der Waals surface area contributed by atoms with Gasteiger partial charge in [0.15, 0.2) is 0 Å². The molecule has 7 heteroatoms. The van der Waals surface area contributed by atoms with Crippen LogP contribution >= 0.6 is 11.3 Å². The van der Waals surface area contributed by atoms with Gasteiger partial charge in [0.1, 0.15) is 10.3 Å². The lowest BCUT2D eigenvalue weighted by Crippen LogP contribution is -2.42. The molecule has 1 aromatic heterocycles. The quantitative estimate of drug-likeness (QED) is 0.830. The average Bonchev–Trinajstić information content (AvgIpc) is 3.01. The zero-order valence-electron chi connectivity index (χ0n) is 9.92. The molecule has 0 aromatic carbocycles. The summed E-state index contributed by atoms with van der Waals surface area (Å²) < 4.78 is 26.6. The highest BCUT2D eigenvalue weighted by molar-refractivity contribution is 7.91. The van der Waals surface area contributed by atoms with Gasteiger partial charge in [-0.2, -0.15) is 4.72 Å². The van der Waals surface area contributed by atoms with Crippen LogP contribution in [-0.4, -0.2) is 25.5 Å². The number of aryl methyl sites for hydroxylation is 1. The molecule has 2 N–H and O–H groups in total. The Hall–Kier alpha value is -0.920. The van der Waals surface area contributed by atoms with Crippen LogP contribution in [0.4, 0.5) is 0 Å². The summed E-state index contributed by atoms with van der Waals surface area (Å²) in [5, 5.41) is 9.02. The van der Waals surface area contributed by atoms with E-state index in [2.05, 4.69) is 4.72 Å². The van der Waals surface area contributed by atoms with Gasteiger partial charge in [-0.1, -0.05) is 6.92 Å². The van der Waals surface area contributed by atoms with E-state index in [4.69, 9.17) is 5.11 Å². The fraction of sp³-hybridized carbons (Fsp3) is 0.545. The highest BCUT2D eigenvalue weighted by Gasteiger charge is 2.39. The van der Waals surface area contributed by atoms with E-state index < -0.39 is 22.0 Å². The van der Waals surface area contributed by atoms with E-state index in [0.717, 1.165) is 24.1 Å². The lowest BCUT2D eigenvalue weighted by Gasteiger charge is -2.12. The van der Waals surface area contributed by atoms with E-state index in [0.29, 0.717) is 0 Å². The summed E-state index contributed by atoms with van der Waals surface area (Å²) in [4.78, 5) is 12.0. The van der Waals surface area contributed by atoms with Crippen LogP contribution in [0.1, 0.15) is 24.6 Å². The van der Waals surface area contributed by atoms with Crippen LogP contribution in [-0.2, 0) is 21.2 Å². The smallest absolute Gasteiger partial charge is 0.322 e. The van der Waals surface area contributed by atoms with Gasteiger partial charge in [0, 0.05) is 4.88 Å². The molecular weight excluding hydrogens is 274 g/mol. The molecule has 1 heterocycles. The predicted octanol–water partition coefficient (Wildman–Crippen LogP) is 1.45. The molecule has 1 aliphatic rings. The number of carboxylic acid groups (broad SMARTS) is 1. The summed E-state index contributed by atoms with van der Waals surface area (Å²) in [6.45, 7) is 1.94. The zero-order valence-corrected chi connectivity index (χ0v) is 11.6. The normalized spacial score (nSPS) is 17.6. The maximum absolute atomic E-state index is 12.0. The summed E-state index contributed by atoms with van der Waals surface area (Å²) in [6.07, 6.45) is 2.31. The van der Waals surface area contributed by atoms with Gasteiger partial charge in [-0.05, 0) is 37.3 Å². The van der Waals surface area contributed by atoms with E-state index in [1.54, 1.807) is 6.07 Å². The Kier molecular flexibility index (Phi) is 3.74. The van der Waals surface area contributed by atoms with Gasteiger partial charge in [0.25, 0.3) is 10.0 Å². The highest BCUT2D eigenvalue weighted by Crippen LogP contribution is 2.34. The first kappa shape index (κ1) is 13.5. The van der Waals surface area contributed by atoms with Crippen molar-refractivity contribution in [1.82, 2.24) is 4.72 Å². The molecule has 1 fully saturated rings. The van der Waals surface area contributed by atoms with Crippen molar-refractivity contribution < 1.29 is 18.3 Å². The van der Waals surface area contributed by atoms with Crippen LogP contribution in [0.2, 0.25) is 0 Å². The van der Waals surface area contributed by atoms with E-state index >= 15 is 0 Å².